The number of aromatic nitrogens is 3. The van der Waals surface area contributed by atoms with E-state index in [0.717, 1.165) is 28.4 Å². The van der Waals surface area contributed by atoms with Gasteiger partial charge >= 0.3 is 0 Å². The molecule has 4 unspecified atom stereocenters. The summed E-state index contributed by atoms with van der Waals surface area (Å²) < 4.78 is 1.98. The van der Waals surface area contributed by atoms with Gasteiger partial charge in [0, 0.05) is 18.7 Å². The van der Waals surface area contributed by atoms with Crippen LogP contribution in [0, 0.1) is 17.8 Å². The maximum Gasteiger partial charge on any atom is 0.230 e. The quantitative estimate of drug-likeness (QED) is 0.673. The van der Waals surface area contributed by atoms with Gasteiger partial charge < -0.3 is 9.88 Å². The largest absolute Gasteiger partial charge is 0.353 e. The van der Waals surface area contributed by atoms with Gasteiger partial charge in [-0.05, 0) is 54.9 Å². The van der Waals surface area contributed by atoms with Crippen molar-refractivity contribution in [1.29, 1.82) is 0 Å². The van der Waals surface area contributed by atoms with Crippen molar-refractivity contribution in [3.05, 3.63) is 29.8 Å². The normalized spacial score (nSPS) is 24.2. The van der Waals surface area contributed by atoms with E-state index in [1.165, 1.54) is 43.0 Å². The molecule has 2 aliphatic carbocycles. The van der Waals surface area contributed by atoms with Crippen molar-refractivity contribution in [2.75, 3.05) is 5.75 Å². The summed E-state index contributed by atoms with van der Waals surface area (Å²) in [6, 6.07) is 8.78. The second kappa shape index (κ2) is 8.37. The van der Waals surface area contributed by atoms with Crippen molar-refractivity contribution in [2.45, 2.75) is 70.0 Å². The molecule has 1 aromatic heterocycles. The molecule has 5 nitrogen and oxygen atoms in total. The van der Waals surface area contributed by atoms with Crippen molar-refractivity contribution in [2.24, 2.45) is 24.8 Å². The summed E-state index contributed by atoms with van der Waals surface area (Å²) in [4.78, 5) is 12.5. The number of nitrogens with zero attached hydrogens (tertiary/aromatic N) is 3. The summed E-state index contributed by atoms with van der Waals surface area (Å²) in [5, 5.41) is 12.7. The zero-order valence-electron chi connectivity index (χ0n) is 18.8. The topological polar surface area (TPSA) is 59.8 Å². The van der Waals surface area contributed by atoms with Crippen molar-refractivity contribution in [3.63, 3.8) is 0 Å². The summed E-state index contributed by atoms with van der Waals surface area (Å²) in [5.74, 6) is 3.69. The molecular formula is C24H34N4OS. The fourth-order valence-electron chi connectivity index (χ4n) is 5.25. The van der Waals surface area contributed by atoms with Gasteiger partial charge in [0.2, 0.25) is 5.91 Å². The molecule has 2 aromatic rings. The van der Waals surface area contributed by atoms with E-state index in [4.69, 9.17) is 0 Å². The Balaban J connectivity index is 1.33. The first-order chi connectivity index (χ1) is 14.2. The Labute approximate surface area is 184 Å². The zero-order valence-corrected chi connectivity index (χ0v) is 19.6. The first-order valence-electron chi connectivity index (χ1n) is 11.1. The highest BCUT2D eigenvalue weighted by Crippen LogP contribution is 2.49. The van der Waals surface area contributed by atoms with E-state index in [1.54, 1.807) is 0 Å². The molecule has 4 atom stereocenters. The standard InChI is InChI=1S/C24H34N4OS/c1-15(20-13-16-6-7-18(20)12-16)25-21(29)14-30-23-27-26-22(28(23)5)17-8-10-19(11-9-17)24(2,3)4/h8-11,15-16,18,20H,6-7,12-14H2,1-5H3,(H,25,29). The average Bonchev–Trinajstić information content (AvgIpc) is 3.42. The van der Waals surface area contributed by atoms with Crippen LogP contribution in [0.15, 0.2) is 29.4 Å². The summed E-state index contributed by atoms with van der Waals surface area (Å²) in [6.07, 6.45) is 5.41. The third-order valence-corrected chi connectivity index (χ3v) is 8.02. The Morgan fingerprint density at radius 1 is 1.20 bits per heavy atom. The fraction of sp³-hybridized carbons (Fsp3) is 0.625. The molecule has 2 aliphatic rings. The SMILES string of the molecule is CC(NC(=O)CSc1nnc(-c2ccc(C(C)(C)C)cc2)n1C)C1CC2CCC1C2. The first kappa shape index (κ1) is 21.4. The minimum absolute atomic E-state index is 0.0920. The number of carbonyl (C=O) groups excluding carboxylic acids is 1. The lowest BCUT2D eigenvalue weighted by molar-refractivity contribution is -0.119. The summed E-state index contributed by atoms with van der Waals surface area (Å²) in [7, 11) is 1.96. The predicted molar refractivity (Wildman–Crippen MR) is 122 cm³/mol. The van der Waals surface area contributed by atoms with Gasteiger partial charge in [-0.3, -0.25) is 4.79 Å². The Morgan fingerprint density at radius 3 is 2.53 bits per heavy atom. The molecule has 0 saturated heterocycles. The number of hydrogen-bond acceptors (Lipinski definition) is 4. The smallest absolute Gasteiger partial charge is 0.230 e. The molecule has 1 amide bonds. The molecular weight excluding hydrogens is 392 g/mol. The Morgan fingerprint density at radius 2 is 1.93 bits per heavy atom. The van der Waals surface area contributed by atoms with Crippen LogP contribution in [0.3, 0.4) is 0 Å². The number of hydrogen-bond donors (Lipinski definition) is 1. The molecule has 1 aromatic carbocycles. The summed E-state index contributed by atoms with van der Waals surface area (Å²) >= 11 is 1.46. The minimum atomic E-state index is 0.0920. The molecule has 1 heterocycles. The van der Waals surface area contributed by atoms with Crippen LogP contribution < -0.4 is 5.32 Å². The maximum atomic E-state index is 12.5. The van der Waals surface area contributed by atoms with E-state index in [1.807, 2.05) is 11.6 Å². The van der Waals surface area contributed by atoms with Crippen LogP contribution in [0.25, 0.3) is 11.4 Å². The van der Waals surface area contributed by atoms with Gasteiger partial charge in [-0.2, -0.15) is 0 Å². The number of amides is 1. The number of fused-ring (bicyclic) bond motifs is 2. The minimum Gasteiger partial charge on any atom is -0.353 e. The van der Waals surface area contributed by atoms with Crippen LogP contribution >= 0.6 is 11.8 Å². The summed E-state index contributed by atoms with van der Waals surface area (Å²) in [6.45, 7) is 8.81. The maximum absolute atomic E-state index is 12.5. The summed E-state index contributed by atoms with van der Waals surface area (Å²) in [5.41, 5.74) is 2.46. The Bertz CT molecular complexity index is 899. The molecule has 2 bridgehead atoms. The predicted octanol–water partition coefficient (Wildman–Crippen LogP) is 4.81. The average molecular weight is 427 g/mol. The molecule has 2 fully saturated rings. The molecule has 30 heavy (non-hydrogen) atoms. The zero-order chi connectivity index (χ0) is 21.5. The van der Waals surface area contributed by atoms with Crippen LogP contribution in [-0.4, -0.2) is 32.5 Å². The van der Waals surface area contributed by atoms with Gasteiger partial charge in [-0.25, -0.2) is 0 Å². The number of thioether (sulfide) groups is 1. The van der Waals surface area contributed by atoms with Crippen molar-refractivity contribution < 1.29 is 4.79 Å². The highest BCUT2D eigenvalue weighted by Gasteiger charge is 2.42. The third-order valence-electron chi connectivity index (χ3n) is 7.00. The number of nitrogens with one attached hydrogen (secondary N) is 1. The van der Waals surface area contributed by atoms with Crippen molar-refractivity contribution in [3.8, 4) is 11.4 Å². The Kier molecular flexibility index (Phi) is 5.97. The Hall–Kier alpha value is -1.82. The second-order valence-electron chi connectivity index (χ2n) is 10.2. The molecule has 6 heteroatoms. The van der Waals surface area contributed by atoms with E-state index in [0.29, 0.717) is 11.7 Å². The van der Waals surface area contributed by atoms with Crippen LogP contribution in [0.4, 0.5) is 0 Å². The van der Waals surface area contributed by atoms with Gasteiger partial charge in [-0.15, -0.1) is 10.2 Å². The van der Waals surface area contributed by atoms with Crippen molar-refractivity contribution in [1.82, 2.24) is 20.1 Å². The van der Waals surface area contributed by atoms with E-state index >= 15 is 0 Å². The van der Waals surface area contributed by atoms with Gasteiger partial charge in [-0.1, -0.05) is 63.2 Å². The first-order valence-corrected chi connectivity index (χ1v) is 12.1. The lowest BCUT2D eigenvalue weighted by Gasteiger charge is -2.28. The van der Waals surface area contributed by atoms with E-state index in [9.17, 15) is 4.79 Å². The van der Waals surface area contributed by atoms with Gasteiger partial charge in [0.1, 0.15) is 0 Å². The number of benzene rings is 1. The van der Waals surface area contributed by atoms with Crippen LogP contribution in [0.2, 0.25) is 0 Å². The molecule has 0 spiro atoms. The number of rotatable bonds is 6. The van der Waals surface area contributed by atoms with E-state index in [-0.39, 0.29) is 17.4 Å². The lowest BCUT2D eigenvalue weighted by atomic mass is 9.84. The molecule has 0 aliphatic heterocycles. The highest BCUT2D eigenvalue weighted by atomic mass is 32.2. The van der Waals surface area contributed by atoms with Crippen LogP contribution in [0.1, 0.15) is 58.9 Å². The fourth-order valence-corrected chi connectivity index (χ4v) is 5.97. The van der Waals surface area contributed by atoms with Crippen molar-refractivity contribution >= 4 is 17.7 Å². The van der Waals surface area contributed by atoms with E-state index in [2.05, 4.69) is 67.5 Å². The van der Waals surface area contributed by atoms with E-state index < -0.39 is 0 Å². The third kappa shape index (κ3) is 4.43. The second-order valence-corrected chi connectivity index (χ2v) is 11.1. The monoisotopic (exact) mass is 426 g/mol. The molecule has 0 radical (unpaired) electrons. The van der Waals surface area contributed by atoms with Gasteiger partial charge in [0.15, 0.2) is 11.0 Å². The molecule has 162 valence electrons. The highest BCUT2D eigenvalue weighted by molar-refractivity contribution is 7.99. The molecule has 2 saturated carbocycles. The molecule has 4 rings (SSSR count). The van der Waals surface area contributed by atoms with Crippen LogP contribution in [-0.2, 0) is 17.3 Å². The number of carbonyl (C=O) groups is 1. The van der Waals surface area contributed by atoms with Gasteiger partial charge in [0.05, 0.1) is 5.75 Å². The molecule has 1 N–H and O–H groups in total. The van der Waals surface area contributed by atoms with Crippen LogP contribution in [0.5, 0.6) is 0 Å². The lowest BCUT2D eigenvalue weighted by Crippen LogP contribution is -2.40. The van der Waals surface area contributed by atoms with Gasteiger partial charge in [0.25, 0.3) is 0 Å².